The number of esters is 1. The van der Waals surface area contributed by atoms with Gasteiger partial charge in [-0.25, -0.2) is 0 Å². The standard InChI is InChI=1S/C25H28N2O4/c1-2-17-8-4-6-13-22(17)27-15-19(14-24(27)29)25(30)31-16-23(28)26-21-12-7-10-18-9-3-5-11-20(18)21/h3-6,8-9,11,13,19,21H,2,7,10,12,14-16H2,1H3,(H,26,28)/t19-,21+/m1/s1. The molecule has 2 atom stereocenters. The summed E-state index contributed by atoms with van der Waals surface area (Å²) in [5.41, 5.74) is 4.31. The second kappa shape index (κ2) is 9.33. The lowest BCUT2D eigenvalue weighted by atomic mass is 9.88. The number of para-hydroxylation sites is 1. The number of aryl methyl sites for hydroxylation is 2. The maximum atomic E-state index is 12.5. The molecule has 1 aliphatic carbocycles. The second-order valence-electron chi connectivity index (χ2n) is 8.21. The molecule has 0 unspecified atom stereocenters. The number of anilines is 1. The maximum Gasteiger partial charge on any atom is 0.311 e. The van der Waals surface area contributed by atoms with Gasteiger partial charge in [0.2, 0.25) is 5.91 Å². The Labute approximate surface area is 182 Å². The molecule has 0 radical (unpaired) electrons. The predicted octanol–water partition coefficient (Wildman–Crippen LogP) is 3.34. The summed E-state index contributed by atoms with van der Waals surface area (Å²) in [6.45, 7) is 1.99. The van der Waals surface area contributed by atoms with Crippen molar-refractivity contribution in [2.24, 2.45) is 5.92 Å². The molecule has 0 spiro atoms. The van der Waals surface area contributed by atoms with Crippen LogP contribution < -0.4 is 10.2 Å². The average Bonchev–Trinajstić information content (AvgIpc) is 3.19. The van der Waals surface area contributed by atoms with E-state index in [1.54, 1.807) is 4.90 Å². The molecular formula is C25H28N2O4. The van der Waals surface area contributed by atoms with E-state index in [-0.39, 0.29) is 37.4 Å². The highest BCUT2D eigenvalue weighted by Crippen LogP contribution is 2.30. The Morgan fingerprint density at radius 3 is 2.74 bits per heavy atom. The Kier molecular flexibility index (Phi) is 6.35. The van der Waals surface area contributed by atoms with Crippen LogP contribution in [0.1, 0.15) is 48.9 Å². The average molecular weight is 421 g/mol. The molecule has 0 bridgehead atoms. The van der Waals surface area contributed by atoms with Crippen molar-refractivity contribution in [1.29, 1.82) is 0 Å². The quantitative estimate of drug-likeness (QED) is 0.728. The first-order valence-electron chi connectivity index (χ1n) is 11.0. The largest absolute Gasteiger partial charge is 0.455 e. The number of nitrogens with one attached hydrogen (secondary N) is 1. The first-order chi connectivity index (χ1) is 15.1. The molecule has 1 N–H and O–H groups in total. The van der Waals surface area contributed by atoms with Crippen LogP contribution in [0.15, 0.2) is 48.5 Å². The third kappa shape index (κ3) is 4.63. The molecular weight excluding hydrogens is 392 g/mol. The van der Waals surface area contributed by atoms with Crippen molar-refractivity contribution in [1.82, 2.24) is 5.32 Å². The number of ether oxygens (including phenoxy) is 1. The van der Waals surface area contributed by atoms with Crippen molar-refractivity contribution >= 4 is 23.5 Å². The van der Waals surface area contributed by atoms with Crippen LogP contribution in [-0.2, 0) is 32.0 Å². The van der Waals surface area contributed by atoms with Crippen LogP contribution in [-0.4, -0.2) is 30.9 Å². The van der Waals surface area contributed by atoms with Gasteiger partial charge in [0.05, 0.1) is 12.0 Å². The first kappa shape index (κ1) is 21.1. The van der Waals surface area contributed by atoms with Crippen molar-refractivity contribution in [2.75, 3.05) is 18.1 Å². The van der Waals surface area contributed by atoms with Gasteiger partial charge in [-0.3, -0.25) is 14.4 Å². The molecule has 1 heterocycles. The number of amides is 2. The van der Waals surface area contributed by atoms with Gasteiger partial charge in [-0.15, -0.1) is 0 Å². The lowest BCUT2D eigenvalue weighted by Crippen LogP contribution is -2.35. The van der Waals surface area contributed by atoms with E-state index in [1.807, 2.05) is 49.4 Å². The lowest BCUT2D eigenvalue weighted by Gasteiger charge is -2.26. The first-order valence-corrected chi connectivity index (χ1v) is 11.0. The van der Waals surface area contributed by atoms with Crippen LogP contribution in [0.25, 0.3) is 0 Å². The number of rotatable bonds is 6. The minimum absolute atomic E-state index is 0.0507. The van der Waals surface area contributed by atoms with Crippen molar-refractivity contribution in [2.45, 2.75) is 45.1 Å². The number of benzene rings is 2. The number of carbonyl (C=O) groups excluding carboxylic acids is 3. The number of hydrogen-bond acceptors (Lipinski definition) is 4. The van der Waals surface area contributed by atoms with Crippen LogP contribution in [0.5, 0.6) is 0 Å². The van der Waals surface area contributed by atoms with Gasteiger partial charge in [0.15, 0.2) is 6.61 Å². The van der Waals surface area contributed by atoms with E-state index in [4.69, 9.17) is 4.74 Å². The summed E-state index contributed by atoms with van der Waals surface area (Å²) in [7, 11) is 0. The molecule has 0 saturated carbocycles. The van der Waals surface area contributed by atoms with Crippen molar-refractivity contribution < 1.29 is 19.1 Å². The highest BCUT2D eigenvalue weighted by atomic mass is 16.5. The van der Waals surface area contributed by atoms with E-state index < -0.39 is 11.9 Å². The molecule has 2 amide bonds. The van der Waals surface area contributed by atoms with Crippen molar-refractivity contribution in [3.05, 3.63) is 65.2 Å². The Hall–Kier alpha value is -3.15. The van der Waals surface area contributed by atoms with Crippen LogP contribution in [0.4, 0.5) is 5.69 Å². The van der Waals surface area contributed by atoms with E-state index >= 15 is 0 Å². The molecule has 6 nitrogen and oxygen atoms in total. The van der Waals surface area contributed by atoms with Crippen molar-refractivity contribution in [3.63, 3.8) is 0 Å². The molecule has 1 saturated heterocycles. The number of nitrogens with zero attached hydrogens (tertiary/aromatic N) is 1. The zero-order valence-electron chi connectivity index (χ0n) is 17.8. The Bertz CT molecular complexity index is 987. The van der Waals surface area contributed by atoms with E-state index in [1.165, 1.54) is 5.56 Å². The third-order valence-corrected chi connectivity index (χ3v) is 6.17. The van der Waals surface area contributed by atoms with Gasteiger partial charge in [0.1, 0.15) is 0 Å². The number of carbonyl (C=O) groups is 3. The third-order valence-electron chi connectivity index (χ3n) is 6.17. The topological polar surface area (TPSA) is 75.7 Å². The van der Waals surface area contributed by atoms with Gasteiger partial charge < -0.3 is 15.0 Å². The summed E-state index contributed by atoms with van der Waals surface area (Å²) in [5.74, 6) is -1.46. The summed E-state index contributed by atoms with van der Waals surface area (Å²) >= 11 is 0. The minimum atomic E-state index is -0.555. The van der Waals surface area contributed by atoms with Gasteiger partial charge in [0.25, 0.3) is 5.91 Å². The molecule has 4 rings (SSSR count). The van der Waals surface area contributed by atoms with E-state index in [9.17, 15) is 14.4 Å². The fourth-order valence-corrected chi connectivity index (χ4v) is 4.57. The number of hydrogen-bond donors (Lipinski definition) is 1. The van der Waals surface area contributed by atoms with Crippen LogP contribution in [0.2, 0.25) is 0 Å². The monoisotopic (exact) mass is 420 g/mol. The SMILES string of the molecule is CCc1ccccc1N1C[C@H](C(=O)OCC(=O)N[C@H]2CCCc3ccccc32)CC1=O. The van der Waals surface area contributed by atoms with Crippen LogP contribution in [0, 0.1) is 5.92 Å². The summed E-state index contributed by atoms with van der Waals surface area (Å²) in [6, 6.07) is 15.8. The van der Waals surface area contributed by atoms with Gasteiger partial charge in [-0.05, 0) is 48.4 Å². The molecule has 2 aromatic rings. The summed E-state index contributed by atoms with van der Waals surface area (Å²) in [4.78, 5) is 39.1. The maximum absolute atomic E-state index is 12.5. The van der Waals surface area contributed by atoms with Crippen LogP contribution >= 0.6 is 0 Å². The zero-order valence-corrected chi connectivity index (χ0v) is 17.8. The molecule has 6 heteroatoms. The lowest BCUT2D eigenvalue weighted by molar-refractivity contribution is -0.152. The van der Waals surface area contributed by atoms with E-state index in [0.29, 0.717) is 0 Å². The second-order valence-corrected chi connectivity index (χ2v) is 8.21. The fourth-order valence-electron chi connectivity index (χ4n) is 4.57. The smallest absolute Gasteiger partial charge is 0.311 e. The van der Waals surface area contributed by atoms with Gasteiger partial charge in [0, 0.05) is 18.7 Å². The van der Waals surface area contributed by atoms with Gasteiger partial charge in [-0.2, -0.15) is 0 Å². The predicted molar refractivity (Wildman–Crippen MR) is 118 cm³/mol. The molecule has 1 fully saturated rings. The molecule has 2 aromatic carbocycles. The number of fused-ring (bicyclic) bond motifs is 1. The highest BCUT2D eigenvalue weighted by Gasteiger charge is 2.37. The van der Waals surface area contributed by atoms with Crippen LogP contribution in [0.3, 0.4) is 0 Å². The summed E-state index contributed by atoms with van der Waals surface area (Å²) in [6.07, 6.45) is 3.82. The van der Waals surface area contributed by atoms with Gasteiger partial charge in [-0.1, -0.05) is 49.4 Å². The van der Waals surface area contributed by atoms with E-state index in [2.05, 4.69) is 11.4 Å². The molecule has 0 aromatic heterocycles. The molecule has 2 aliphatic rings. The Morgan fingerprint density at radius 2 is 1.90 bits per heavy atom. The summed E-state index contributed by atoms with van der Waals surface area (Å²) < 4.78 is 5.28. The molecule has 31 heavy (non-hydrogen) atoms. The Morgan fingerprint density at radius 1 is 1.13 bits per heavy atom. The summed E-state index contributed by atoms with van der Waals surface area (Å²) in [5, 5.41) is 2.99. The van der Waals surface area contributed by atoms with Gasteiger partial charge >= 0.3 is 5.97 Å². The minimum Gasteiger partial charge on any atom is -0.455 e. The van der Waals surface area contributed by atoms with E-state index in [0.717, 1.165) is 42.5 Å². The Balaban J connectivity index is 1.31. The molecule has 1 aliphatic heterocycles. The molecule has 162 valence electrons. The van der Waals surface area contributed by atoms with Crippen molar-refractivity contribution in [3.8, 4) is 0 Å². The normalized spacial score (nSPS) is 20.3. The highest BCUT2D eigenvalue weighted by molar-refractivity contribution is 6.00. The zero-order chi connectivity index (χ0) is 21.8. The fraction of sp³-hybridized carbons (Fsp3) is 0.400.